The van der Waals surface area contributed by atoms with Crippen molar-refractivity contribution in [3.05, 3.63) is 71.6 Å². The molecule has 1 aromatic carbocycles. The van der Waals surface area contributed by atoms with E-state index in [0.717, 1.165) is 11.3 Å². The maximum atomic E-state index is 11.8. The minimum atomic E-state index is 0.0121. The molecule has 3 atom stereocenters. The first kappa shape index (κ1) is 20.2. The van der Waals surface area contributed by atoms with Gasteiger partial charge in [0.2, 0.25) is 5.91 Å². The van der Waals surface area contributed by atoms with Gasteiger partial charge in [0.25, 0.3) is 0 Å². The van der Waals surface area contributed by atoms with Gasteiger partial charge in [-0.1, -0.05) is 49.4 Å². The van der Waals surface area contributed by atoms with Gasteiger partial charge in [0.1, 0.15) is 0 Å². The zero-order valence-electron chi connectivity index (χ0n) is 16.6. The van der Waals surface area contributed by atoms with E-state index in [0.29, 0.717) is 19.5 Å². The van der Waals surface area contributed by atoms with Crippen LogP contribution in [0.15, 0.2) is 54.7 Å². The first-order chi connectivity index (χ1) is 13.7. The number of allylic oxidation sites excluding steroid dienone is 1. The highest BCUT2D eigenvalue weighted by atomic mass is 16.3. The van der Waals surface area contributed by atoms with Gasteiger partial charge >= 0.3 is 0 Å². The summed E-state index contributed by atoms with van der Waals surface area (Å²) in [5, 5.41) is 13.1. The Bertz CT molecular complexity index is 789. The van der Waals surface area contributed by atoms with Crippen molar-refractivity contribution >= 4 is 12.0 Å². The van der Waals surface area contributed by atoms with Gasteiger partial charge < -0.3 is 10.4 Å². The Morgan fingerprint density at radius 1 is 1.21 bits per heavy atom. The largest absolute Gasteiger partial charge is 0.395 e. The van der Waals surface area contributed by atoms with Crippen molar-refractivity contribution in [1.82, 2.24) is 15.2 Å². The second kappa shape index (κ2) is 9.62. The number of benzene rings is 1. The number of aliphatic hydroxyl groups is 1. The van der Waals surface area contributed by atoms with Crippen LogP contribution >= 0.6 is 0 Å². The standard InChI is InChI=1S/C23H29N3O2/c1-3-7-17-9-11-18(12-10-17)23-20(14-25-22(28)4-2)26(21(23)16-27)15-19-8-5-6-13-24-19/h3,5-13,20-21,23,27H,4,14-16H2,1-2H3,(H,25,28)/b7-3+/t20-,21+,23+/m0/s1. The highest BCUT2D eigenvalue weighted by Crippen LogP contribution is 2.41. The maximum Gasteiger partial charge on any atom is 0.219 e. The number of aromatic nitrogens is 1. The smallest absolute Gasteiger partial charge is 0.219 e. The van der Waals surface area contributed by atoms with E-state index in [2.05, 4.69) is 45.5 Å². The average Bonchev–Trinajstić information content (AvgIpc) is 2.72. The third-order valence-electron chi connectivity index (χ3n) is 5.45. The molecule has 0 saturated carbocycles. The summed E-state index contributed by atoms with van der Waals surface area (Å²) in [7, 11) is 0. The number of aliphatic hydroxyl groups excluding tert-OH is 1. The minimum absolute atomic E-state index is 0.0121. The molecule has 1 aliphatic heterocycles. The van der Waals surface area contributed by atoms with Gasteiger partial charge in [-0.05, 0) is 30.2 Å². The Hall–Kier alpha value is -2.50. The highest BCUT2D eigenvalue weighted by molar-refractivity contribution is 5.75. The van der Waals surface area contributed by atoms with Crippen molar-refractivity contribution in [2.24, 2.45) is 0 Å². The number of carbonyl (C=O) groups is 1. The molecule has 5 nitrogen and oxygen atoms in total. The van der Waals surface area contributed by atoms with E-state index in [1.807, 2.05) is 38.1 Å². The number of amides is 1. The fraction of sp³-hybridized carbons (Fsp3) is 0.391. The van der Waals surface area contributed by atoms with Gasteiger partial charge in [-0.25, -0.2) is 0 Å². The molecule has 1 aromatic heterocycles. The quantitative estimate of drug-likeness (QED) is 0.740. The molecule has 2 N–H and O–H groups in total. The lowest BCUT2D eigenvalue weighted by molar-refractivity contribution is -0.122. The summed E-state index contributed by atoms with van der Waals surface area (Å²) in [5.41, 5.74) is 3.32. The number of pyridine rings is 1. The van der Waals surface area contributed by atoms with Gasteiger partial charge in [-0.2, -0.15) is 0 Å². The Labute approximate surface area is 167 Å². The Morgan fingerprint density at radius 2 is 2.00 bits per heavy atom. The molecule has 148 valence electrons. The summed E-state index contributed by atoms with van der Waals surface area (Å²) in [6.45, 7) is 5.16. The van der Waals surface area contributed by atoms with Gasteiger partial charge in [0.15, 0.2) is 0 Å². The van der Waals surface area contributed by atoms with Crippen LogP contribution in [-0.4, -0.2) is 46.1 Å². The van der Waals surface area contributed by atoms with E-state index >= 15 is 0 Å². The number of hydrogen-bond acceptors (Lipinski definition) is 4. The molecule has 0 spiro atoms. The summed E-state index contributed by atoms with van der Waals surface area (Å²) in [4.78, 5) is 18.5. The minimum Gasteiger partial charge on any atom is -0.395 e. The molecule has 1 amide bonds. The molecule has 2 heterocycles. The summed E-state index contributed by atoms with van der Waals surface area (Å²) in [5.74, 6) is 0.220. The van der Waals surface area contributed by atoms with E-state index in [1.54, 1.807) is 6.20 Å². The van der Waals surface area contributed by atoms with Crippen LogP contribution in [-0.2, 0) is 11.3 Å². The molecule has 1 aliphatic rings. The lowest BCUT2D eigenvalue weighted by Gasteiger charge is -2.55. The molecule has 3 rings (SSSR count). The van der Waals surface area contributed by atoms with Gasteiger partial charge in [-0.15, -0.1) is 0 Å². The normalized spacial score (nSPS) is 22.2. The molecule has 1 fully saturated rings. The molecular formula is C23H29N3O2. The summed E-state index contributed by atoms with van der Waals surface area (Å²) < 4.78 is 0. The van der Waals surface area contributed by atoms with Crippen LogP contribution in [0, 0.1) is 0 Å². The Kier molecular flexibility index (Phi) is 6.95. The number of nitrogens with zero attached hydrogens (tertiary/aromatic N) is 2. The van der Waals surface area contributed by atoms with E-state index < -0.39 is 0 Å². The summed E-state index contributed by atoms with van der Waals surface area (Å²) >= 11 is 0. The number of hydrogen-bond donors (Lipinski definition) is 2. The van der Waals surface area contributed by atoms with Crippen LogP contribution in [0.2, 0.25) is 0 Å². The lowest BCUT2D eigenvalue weighted by atomic mass is 9.74. The highest BCUT2D eigenvalue weighted by Gasteiger charge is 2.48. The first-order valence-electron chi connectivity index (χ1n) is 9.93. The maximum absolute atomic E-state index is 11.8. The van der Waals surface area contributed by atoms with Gasteiger partial charge in [0.05, 0.1) is 12.3 Å². The van der Waals surface area contributed by atoms with Crippen LogP contribution in [0.1, 0.15) is 43.0 Å². The third kappa shape index (κ3) is 4.49. The second-order valence-corrected chi connectivity index (χ2v) is 7.16. The molecule has 28 heavy (non-hydrogen) atoms. The van der Waals surface area contributed by atoms with Crippen molar-refractivity contribution in [1.29, 1.82) is 0 Å². The zero-order valence-corrected chi connectivity index (χ0v) is 16.6. The van der Waals surface area contributed by atoms with Crippen molar-refractivity contribution in [2.45, 2.75) is 44.8 Å². The van der Waals surface area contributed by atoms with Gasteiger partial charge in [0, 0.05) is 43.7 Å². The summed E-state index contributed by atoms with van der Waals surface area (Å²) in [6, 6.07) is 14.5. The topological polar surface area (TPSA) is 65.5 Å². The van der Waals surface area contributed by atoms with Crippen molar-refractivity contribution in [3.8, 4) is 0 Å². The molecule has 0 aliphatic carbocycles. The number of carbonyl (C=O) groups excluding carboxylic acids is 1. The van der Waals surface area contributed by atoms with Crippen molar-refractivity contribution in [3.63, 3.8) is 0 Å². The predicted octanol–water partition coefficient (Wildman–Crippen LogP) is 2.97. The SMILES string of the molecule is C/C=C/c1ccc([C@H]2[C@@H](CO)N(Cc3ccccn3)[C@H]2CNC(=O)CC)cc1. The monoisotopic (exact) mass is 379 g/mol. The summed E-state index contributed by atoms with van der Waals surface area (Å²) in [6.07, 6.45) is 6.35. The number of likely N-dealkylation sites (tertiary alicyclic amines) is 1. The van der Waals surface area contributed by atoms with Crippen molar-refractivity contribution in [2.75, 3.05) is 13.2 Å². The first-order valence-corrected chi connectivity index (χ1v) is 9.93. The zero-order chi connectivity index (χ0) is 19.9. The Morgan fingerprint density at radius 3 is 2.61 bits per heavy atom. The fourth-order valence-corrected chi connectivity index (χ4v) is 4.00. The van der Waals surface area contributed by atoms with E-state index in [1.165, 1.54) is 5.56 Å². The molecule has 0 bridgehead atoms. The second-order valence-electron chi connectivity index (χ2n) is 7.16. The molecule has 0 unspecified atom stereocenters. The van der Waals surface area contributed by atoms with Crippen molar-refractivity contribution < 1.29 is 9.90 Å². The molecule has 1 saturated heterocycles. The van der Waals surface area contributed by atoms with Crippen LogP contribution in [0.25, 0.3) is 6.08 Å². The molecular weight excluding hydrogens is 350 g/mol. The number of nitrogens with one attached hydrogen (secondary N) is 1. The number of rotatable bonds is 8. The molecule has 5 heteroatoms. The van der Waals surface area contributed by atoms with Crippen LogP contribution in [0.5, 0.6) is 0 Å². The van der Waals surface area contributed by atoms with E-state index in [4.69, 9.17) is 0 Å². The van der Waals surface area contributed by atoms with Crippen LogP contribution in [0.4, 0.5) is 0 Å². The average molecular weight is 380 g/mol. The fourth-order valence-electron chi connectivity index (χ4n) is 4.00. The van der Waals surface area contributed by atoms with Crippen LogP contribution < -0.4 is 5.32 Å². The molecule has 2 aromatic rings. The van der Waals surface area contributed by atoms with E-state index in [-0.39, 0.29) is 30.5 Å². The van der Waals surface area contributed by atoms with Gasteiger partial charge in [-0.3, -0.25) is 14.7 Å². The van der Waals surface area contributed by atoms with E-state index in [9.17, 15) is 9.90 Å². The predicted molar refractivity (Wildman–Crippen MR) is 112 cm³/mol. The third-order valence-corrected chi connectivity index (χ3v) is 5.45. The Balaban J connectivity index is 1.82. The lowest BCUT2D eigenvalue weighted by Crippen LogP contribution is -2.66. The van der Waals surface area contributed by atoms with Crippen LogP contribution in [0.3, 0.4) is 0 Å². The molecule has 0 radical (unpaired) electrons.